The summed E-state index contributed by atoms with van der Waals surface area (Å²) < 4.78 is 2.14. The molecular formula is C18H21ClN2O. The SMILES string of the molecule is Cc1cn(C(c2ccccc2)C(O)CN)c2ccccc12.Cl. The van der Waals surface area contributed by atoms with Crippen molar-refractivity contribution in [1.82, 2.24) is 4.57 Å². The number of para-hydroxylation sites is 1. The molecule has 0 saturated carbocycles. The zero-order valence-corrected chi connectivity index (χ0v) is 13.3. The predicted octanol–water partition coefficient (Wildman–Crippen LogP) is 3.28. The van der Waals surface area contributed by atoms with Crippen molar-refractivity contribution in [3.8, 4) is 0 Å². The number of aliphatic hydroxyl groups excluding tert-OH is 1. The molecule has 116 valence electrons. The fraction of sp³-hybridized carbons (Fsp3) is 0.222. The fourth-order valence-electron chi connectivity index (χ4n) is 2.96. The number of benzene rings is 2. The van der Waals surface area contributed by atoms with Gasteiger partial charge in [-0.3, -0.25) is 0 Å². The average Bonchev–Trinajstić information content (AvgIpc) is 2.86. The lowest BCUT2D eigenvalue weighted by Gasteiger charge is -2.25. The van der Waals surface area contributed by atoms with Crippen LogP contribution in [0.25, 0.3) is 10.9 Å². The number of halogens is 1. The zero-order valence-electron chi connectivity index (χ0n) is 12.5. The van der Waals surface area contributed by atoms with Crippen molar-refractivity contribution in [3.63, 3.8) is 0 Å². The summed E-state index contributed by atoms with van der Waals surface area (Å²) in [6.07, 6.45) is 1.48. The van der Waals surface area contributed by atoms with Gasteiger partial charge < -0.3 is 15.4 Å². The summed E-state index contributed by atoms with van der Waals surface area (Å²) in [5.41, 5.74) is 9.13. The largest absolute Gasteiger partial charge is 0.389 e. The van der Waals surface area contributed by atoms with Crippen LogP contribution in [0.3, 0.4) is 0 Å². The molecule has 1 aromatic heterocycles. The molecule has 0 aliphatic heterocycles. The molecule has 0 saturated heterocycles. The van der Waals surface area contributed by atoms with E-state index >= 15 is 0 Å². The van der Waals surface area contributed by atoms with Gasteiger partial charge in [-0.05, 0) is 24.1 Å². The highest BCUT2D eigenvalue weighted by Crippen LogP contribution is 2.29. The van der Waals surface area contributed by atoms with Crippen LogP contribution in [0.5, 0.6) is 0 Å². The van der Waals surface area contributed by atoms with Crippen LogP contribution in [-0.2, 0) is 0 Å². The summed E-state index contributed by atoms with van der Waals surface area (Å²) >= 11 is 0. The molecule has 3 aromatic rings. The number of aryl methyl sites for hydroxylation is 1. The number of hydrogen-bond acceptors (Lipinski definition) is 2. The molecule has 4 heteroatoms. The Kier molecular flexibility index (Phi) is 5.24. The molecule has 3 rings (SSSR count). The summed E-state index contributed by atoms with van der Waals surface area (Å²) in [5.74, 6) is 0. The molecule has 0 spiro atoms. The Bertz CT molecular complexity index is 739. The van der Waals surface area contributed by atoms with Gasteiger partial charge >= 0.3 is 0 Å². The number of hydrogen-bond donors (Lipinski definition) is 2. The van der Waals surface area contributed by atoms with E-state index in [2.05, 4.69) is 29.8 Å². The highest BCUT2D eigenvalue weighted by molar-refractivity contribution is 5.85. The maximum Gasteiger partial charge on any atom is 0.0910 e. The molecule has 0 aliphatic rings. The van der Waals surface area contributed by atoms with Crippen molar-refractivity contribution >= 4 is 23.3 Å². The molecule has 0 amide bonds. The molecule has 0 aliphatic carbocycles. The molecular weight excluding hydrogens is 296 g/mol. The Morgan fingerprint density at radius 2 is 1.68 bits per heavy atom. The Morgan fingerprint density at radius 1 is 1.05 bits per heavy atom. The molecule has 2 unspecified atom stereocenters. The van der Waals surface area contributed by atoms with Crippen molar-refractivity contribution < 1.29 is 5.11 Å². The zero-order chi connectivity index (χ0) is 14.8. The first-order valence-corrected chi connectivity index (χ1v) is 7.21. The third kappa shape index (κ3) is 2.88. The predicted molar refractivity (Wildman–Crippen MR) is 93.6 cm³/mol. The third-order valence-corrected chi connectivity index (χ3v) is 3.99. The molecule has 0 radical (unpaired) electrons. The third-order valence-electron chi connectivity index (χ3n) is 3.99. The number of rotatable bonds is 4. The molecule has 22 heavy (non-hydrogen) atoms. The summed E-state index contributed by atoms with van der Waals surface area (Å²) in [7, 11) is 0. The van der Waals surface area contributed by atoms with Crippen LogP contribution in [0.2, 0.25) is 0 Å². The van der Waals surface area contributed by atoms with Crippen LogP contribution in [0.15, 0.2) is 60.8 Å². The number of aromatic nitrogens is 1. The van der Waals surface area contributed by atoms with Gasteiger partial charge in [-0.2, -0.15) is 0 Å². The highest BCUT2D eigenvalue weighted by atomic mass is 35.5. The van der Waals surface area contributed by atoms with Crippen molar-refractivity contribution in [3.05, 3.63) is 71.9 Å². The molecule has 2 atom stereocenters. The van der Waals surface area contributed by atoms with Crippen molar-refractivity contribution in [1.29, 1.82) is 0 Å². The second kappa shape index (κ2) is 6.97. The van der Waals surface area contributed by atoms with Gasteiger partial charge in [0.05, 0.1) is 12.1 Å². The lowest BCUT2D eigenvalue weighted by Crippen LogP contribution is -2.31. The van der Waals surface area contributed by atoms with Crippen LogP contribution in [0.1, 0.15) is 17.2 Å². The highest BCUT2D eigenvalue weighted by Gasteiger charge is 2.23. The second-order valence-corrected chi connectivity index (χ2v) is 5.40. The summed E-state index contributed by atoms with van der Waals surface area (Å²) in [4.78, 5) is 0. The van der Waals surface area contributed by atoms with Gasteiger partial charge in [0.15, 0.2) is 0 Å². The summed E-state index contributed by atoms with van der Waals surface area (Å²) in [6, 6.07) is 18.1. The topological polar surface area (TPSA) is 51.2 Å². The molecule has 3 N–H and O–H groups in total. The van der Waals surface area contributed by atoms with Crippen molar-refractivity contribution in [2.75, 3.05) is 6.54 Å². The average molecular weight is 317 g/mol. The van der Waals surface area contributed by atoms with Crippen LogP contribution in [0, 0.1) is 6.92 Å². The first-order chi connectivity index (χ1) is 10.2. The Hall–Kier alpha value is -1.81. The van der Waals surface area contributed by atoms with Gasteiger partial charge in [0, 0.05) is 23.6 Å². The standard InChI is InChI=1S/C18H20N2O.ClH/c1-13-12-20(16-10-6-5-9-15(13)16)18(17(21)11-19)14-7-3-2-4-8-14;/h2-10,12,17-18,21H,11,19H2,1H3;1H. The molecule has 1 heterocycles. The normalized spacial score (nSPS) is 13.6. The Morgan fingerprint density at radius 3 is 2.36 bits per heavy atom. The van der Waals surface area contributed by atoms with E-state index in [1.54, 1.807) is 0 Å². The molecule has 3 nitrogen and oxygen atoms in total. The van der Waals surface area contributed by atoms with Gasteiger partial charge in [0.1, 0.15) is 0 Å². The van der Waals surface area contributed by atoms with Gasteiger partial charge in [-0.25, -0.2) is 0 Å². The van der Waals surface area contributed by atoms with Gasteiger partial charge in [-0.1, -0.05) is 48.5 Å². The maximum absolute atomic E-state index is 10.4. The lowest BCUT2D eigenvalue weighted by atomic mass is 10.0. The Labute approximate surface area is 136 Å². The van der Waals surface area contributed by atoms with E-state index in [9.17, 15) is 5.11 Å². The van der Waals surface area contributed by atoms with Crippen molar-refractivity contribution in [2.45, 2.75) is 19.1 Å². The van der Waals surface area contributed by atoms with Crippen LogP contribution >= 0.6 is 12.4 Å². The number of aliphatic hydroxyl groups is 1. The van der Waals surface area contributed by atoms with E-state index < -0.39 is 6.10 Å². The van der Waals surface area contributed by atoms with Crippen LogP contribution in [-0.4, -0.2) is 22.3 Å². The molecule has 2 aromatic carbocycles. The van der Waals surface area contributed by atoms with E-state index in [1.165, 1.54) is 10.9 Å². The fourth-order valence-corrected chi connectivity index (χ4v) is 2.96. The van der Waals surface area contributed by atoms with Crippen LogP contribution < -0.4 is 5.73 Å². The second-order valence-electron chi connectivity index (χ2n) is 5.40. The van der Waals surface area contributed by atoms with Gasteiger partial charge in [-0.15, -0.1) is 12.4 Å². The number of nitrogens with zero attached hydrogens (tertiary/aromatic N) is 1. The molecule has 0 fully saturated rings. The molecule has 0 bridgehead atoms. The Balaban J connectivity index is 0.00000176. The maximum atomic E-state index is 10.4. The van der Waals surface area contributed by atoms with E-state index in [0.29, 0.717) is 0 Å². The quantitative estimate of drug-likeness (QED) is 0.776. The minimum atomic E-state index is -0.623. The van der Waals surface area contributed by atoms with Gasteiger partial charge in [0.2, 0.25) is 0 Å². The summed E-state index contributed by atoms with van der Waals surface area (Å²) in [6.45, 7) is 2.32. The number of nitrogens with two attached hydrogens (primary N) is 1. The minimum absolute atomic E-state index is 0. The van der Waals surface area contributed by atoms with Crippen LogP contribution in [0.4, 0.5) is 0 Å². The first-order valence-electron chi connectivity index (χ1n) is 7.21. The summed E-state index contributed by atoms with van der Waals surface area (Å²) in [5, 5.41) is 11.7. The first kappa shape index (κ1) is 16.6. The van der Waals surface area contributed by atoms with E-state index in [1.807, 2.05) is 42.5 Å². The minimum Gasteiger partial charge on any atom is -0.389 e. The van der Waals surface area contributed by atoms with E-state index in [4.69, 9.17) is 5.73 Å². The van der Waals surface area contributed by atoms with E-state index in [0.717, 1.165) is 11.1 Å². The number of fused-ring (bicyclic) bond motifs is 1. The van der Waals surface area contributed by atoms with E-state index in [-0.39, 0.29) is 25.0 Å². The monoisotopic (exact) mass is 316 g/mol. The smallest absolute Gasteiger partial charge is 0.0910 e. The van der Waals surface area contributed by atoms with Crippen molar-refractivity contribution in [2.24, 2.45) is 5.73 Å². The lowest BCUT2D eigenvalue weighted by molar-refractivity contribution is 0.140. The van der Waals surface area contributed by atoms with Gasteiger partial charge in [0.25, 0.3) is 0 Å².